The second-order valence-electron chi connectivity index (χ2n) is 7.30. The van der Waals surface area contributed by atoms with Gasteiger partial charge in [0.15, 0.2) is 0 Å². The molecule has 1 aromatic carbocycles. The largest absolute Gasteiger partial charge is 0.492 e. The molecule has 3 heterocycles. The summed E-state index contributed by atoms with van der Waals surface area (Å²) in [6, 6.07) is 5.26. The zero-order chi connectivity index (χ0) is 21.8. The normalized spacial score (nSPS) is 18.9. The number of anilines is 3. The fourth-order valence-electron chi connectivity index (χ4n) is 3.40. The molecule has 2 bridgehead atoms. The number of carbonyl (C=O) groups excluding carboxylic acids is 2. The number of nitrogens with zero attached hydrogens (tertiary/aromatic N) is 3. The Kier molecular flexibility index (Phi) is 6.22. The number of benzene rings is 1. The molecule has 2 aliphatic rings. The van der Waals surface area contributed by atoms with E-state index in [0.717, 1.165) is 6.42 Å². The predicted octanol–water partition coefficient (Wildman–Crippen LogP) is 2.97. The third-order valence-electron chi connectivity index (χ3n) is 5.09. The number of rotatable bonds is 0. The molecule has 0 atom stereocenters. The van der Waals surface area contributed by atoms with Gasteiger partial charge in [-0.3, -0.25) is 9.59 Å². The summed E-state index contributed by atoms with van der Waals surface area (Å²) in [5, 5.41) is 9.62. The van der Waals surface area contributed by atoms with Crippen LogP contribution in [-0.4, -0.2) is 53.4 Å². The first-order valence-corrected chi connectivity index (χ1v) is 10.4. The van der Waals surface area contributed by atoms with Gasteiger partial charge in [0.2, 0.25) is 5.91 Å². The Balaban J connectivity index is 1.65. The van der Waals surface area contributed by atoms with Gasteiger partial charge in [-0.1, -0.05) is 11.6 Å². The van der Waals surface area contributed by atoms with E-state index in [0.29, 0.717) is 71.8 Å². The Bertz CT molecular complexity index is 1040. The van der Waals surface area contributed by atoms with Crippen LogP contribution >= 0.6 is 11.6 Å². The van der Waals surface area contributed by atoms with Gasteiger partial charge in [-0.15, -0.1) is 0 Å². The highest BCUT2D eigenvalue weighted by Gasteiger charge is 2.29. The van der Waals surface area contributed by atoms with Gasteiger partial charge >= 0.3 is 0 Å². The number of aromatic nitrogens is 2. The molecule has 2 amide bonds. The summed E-state index contributed by atoms with van der Waals surface area (Å²) < 4.78 is 5.77. The number of fused-ring (bicyclic) bond motifs is 2. The van der Waals surface area contributed by atoms with Crippen molar-refractivity contribution in [3.8, 4) is 5.75 Å². The van der Waals surface area contributed by atoms with Crippen molar-refractivity contribution >= 4 is 46.3 Å². The van der Waals surface area contributed by atoms with E-state index in [1.54, 1.807) is 36.3 Å². The zero-order valence-corrected chi connectivity index (χ0v) is 17.8. The van der Waals surface area contributed by atoms with Crippen molar-refractivity contribution in [2.75, 3.05) is 42.7 Å². The summed E-state index contributed by atoms with van der Waals surface area (Å²) in [5.74, 6) is 1.32. The molecule has 1 aromatic heterocycles. The number of halogens is 1. The summed E-state index contributed by atoms with van der Waals surface area (Å²) in [6.07, 6.45) is 4.75. The highest BCUT2D eigenvalue weighted by atomic mass is 35.5. The number of nitrogens with one attached hydrogen (secondary N) is 3. The van der Waals surface area contributed by atoms with E-state index >= 15 is 0 Å². The van der Waals surface area contributed by atoms with Gasteiger partial charge in [0, 0.05) is 44.5 Å². The number of hydrogen-bond donors (Lipinski definition) is 3. The van der Waals surface area contributed by atoms with E-state index in [1.807, 2.05) is 0 Å². The molecule has 3 N–H and O–H groups in total. The van der Waals surface area contributed by atoms with Crippen LogP contribution < -0.4 is 20.7 Å². The van der Waals surface area contributed by atoms with Crippen LogP contribution in [0.1, 0.15) is 24.8 Å². The maximum atomic E-state index is 12.5. The smallest absolute Gasteiger partial charge is 0.259 e. The highest BCUT2D eigenvalue weighted by Crippen LogP contribution is 2.35. The minimum Gasteiger partial charge on any atom is -0.492 e. The molecule has 2 aliphatic heterocycles. The maximum absolute atomic E-state index is 12.5. The molecule has 0 spiro atoms. The lowest BCUT2D eigenvalue weighted by Gasteiger charge is -2.18. The Morgan fingerprint density at radius 3 is 2.87 bits per heavy atom. The van der Waals surface area contributed by atoms with Gasteiger partial charge in [-0.05, 0) is 25.0 Å². The van der Waals surface area contributed by atoms with Crippen molar-refractivity contribution in [1.82, 2.24) is 14.9 Å². The van der Waals surface area contributed by atoms with Gasteiger partial charge < -0.3 is 25.6 Å². The van der Waals surface area contributed by atoms with E-state index in [1.165, 1.54) is 6.33 Å². The number of hydrogen-bond acceptors (Lipinski definition) is 7. The summed E-state index contributed by atoms with van der Waals surface area (Å²) in [5.41, 5.74) is 1.73. The van der Waals surface area contributed by atoms with Gasteiger partial charge in [-0.25, -0.2) is 9.97 Å². The van der Waals surface area contributed by atoms with E-state index in [-0.39, 0.29) is 11.8 Å². The lowest BCUT2D eigenvalue weighted by atomic mass is 10.1. The molecule has 0 saturated carbocycles. The molecule has 31 heavy (non-hydrogen) atoms. The topological polar surface area (TPSA) is 108 Å². The van der Waals surface area contributed by atoms with Crippen molar-refractivity contribution < 1.29 is 14.3 Å². The molecular formula is C21H23ClN6O3. The maximum Gasteiger partial charge on any atom is 0.259 e. The Morgan fingerprint density at radius 1 is 1.16 bits per heavy atom. The quantitative estimate of drug-likeness (QED) is 0.575. The molecule has 10 heteroatoms. The van der Waals surface area contributed by atoms with Crippen LogP contribution in [0.3, 0.4) is 0 Å². The van der Waals surface area contributed by atoms with Crippen LogP contribution in [0.4, 0.5) is 17.3 Å². The van der Waals surface area contributed by atoms with Gasteiger partial charge in [-0.2, -0.15) is 0 Å². The van der Waals surface area contributed by atoms with Gasteiger partial charge in [0.05, 0.1) is 22.8 Å². The predicted molar refractivity (Wildman–Crippen MR) is 119 cm³/mol. The molecule has 4 rings (SSSR count). The molecular weight excluding hydrogens is 420 g/mol. The summed E-state index contributed by atoms with van der Waals surface area (Å²) in [6.45, 7) is 1.58. The third kappa shape index (κ3) is 4.72. The minimum absolute atomic E-state index is 0.0641. The SMILES string of the molecule is CN1CCCNc2ncnc3c2/C(=C\Nc2ccc(Cl)c(c2)OCCCC1=O)C(=O)N3. The Hall–Kier alpha value is -3.33. The first kappa shape index (κ1) is 20.9. The zero-order valence-electron chi connectivity index (χ0n) is 17.1. The van der Waals surface area contributed by atoms with Gasteiger partial charge in [0.25, 0.3) is 5.91 Å². The second kappa shape index (κ2) is 9.22. The van der Waals surface area contributed by atoms with Crippen molar-refractivity contribution in [2.45, 2.75) is 19.3 Å². The molecule has 0 aliphatic carbocycles. The van der Waals surface area contributed by atoms with Crippen LogP contribution in [0, 0.1) is 0 Å². The lowest BCUT2D eigenvalue weighted by Crippen LogP contribution is -2.29. The van der Waals surface area contributed by atoms with Crippen LogP contribution in [0.25, 0.3) is 5.57 Å². The minimum atomic E-state index is -0.267. The molecule has 0 fully saturated rings. The first-order chi connectivity index (χ1) is 15.0. The third-order valence-corrected chi connectivity index (χ3v) is 5.40. The molecule has 9 nitrogen and oxygen atoms in total. The van der Waals surface area contributed by atoms with Crippen molar-refractivity contribution in [3.05, 3.63) is 41.3 Å². The molecule has 0 saturated heterocycles. The number of carbonyl (C=O) groups is 2. The summed E-state index contributed by atoms with van der Waals surface area (Å²) >= 11 is 6.24. The molecule has 0 radical (unpaired) electrons. The van der Waals surface area contributed by atoms with E-state index in [9.17, 15) is 9.59 Å². The van der Waals surface area contributed by atoms with E-state index < -0.39 is 0 Å². The summed E-state index contributed by atoms with van der Waals surface area (Å²) in [4.78, 5) is 35.0. The van der Waals surface area contributed by atoms with Crippen LogP contribution in [0.2, 0.25) is 5.02 Å². The molecule has 2 aromatic rings. The fourth-order valence-corrected chi connectivity index (χ4v) is 3.57. The van der Waals surface area contributed by atoms with Crippen molar-refractivity contribution in [3.63, 3.8) is 0 Å². The number of ether oxygens (including phenoxy) is 1. The van der Waals surface area contributed by atoms with Crippen molar-refractivity contribution in [1.29, 1.82) is 0 Å². The lowest BCUT2D eigenvalue weighted by molar-refractivity contribution is -0.130. The highest BCUT2D eigenvalue weighted by molar-refractivity contribution is 6.33. The average Bonchev–Trinajstić information content (AvgIpc) is 3.09. The van der Waals surface area contributed by atoms with E-state index in [2.05, 4.69) is 25.9 Å². The molecule has 0 unspecified atom stereocenters. The standard InChI is InChI=1S/C21H23ClN6O3/c1-28-8-3-7-23-19-18-14(21(30)27-20(18)26-12-25-19)11-24-13-5-6-15(22)16(10-13)31-9-2-4-17(28)29/h5-6,10-12,24H,2-4,7-9H2,1H3,(H2,23,25,26,27,30)/b14-11+. The summed E-state index contributed by atoms with van der Waals surface area (Å²) in [7, 11) is 1.79. The average molecular weight is 443 g/mol. The van der Waals surface area contributed by atoms with E-state index in [4.69, 9.17) is 16.3 Å². The van der Waals surface area contributed by atoms with Crippen LogP contribution in [0.5, 0.6) is 5.75 Å². The fraction of sp³-hybridized carbons (Fsp3) is 0.333. The Morgan fingerprint density at radius 2 is 2.00 bits per heavy atom. The first-order valence-electron chi connectivity index (χ1n) is 10.1. The van der Waals surface area contributed by atoms with Crippen molar-refractivity contribution in [2.24, 2.45) is 0 Å². The second-order valence-corrected chi connectivity index (χ2v) is 7.70. The molecule has 162 valence electrons. The van der Waals surface area contributed by atoms with Crippen LogP contribution in [0.15, 0.2) is 30.7 Å². The Labute approximate surface area is 184 Å². The van der Waals surface area contributed by atoms with Gasteiger partial charge in [0.1, 0.15) is 23.7 Å². The number of amides is 2. The van der Waals surface area contributed by atoms with Crippen LogP contribution in [-0.2, 0) is 9.59 Å². The monoisotopic (exact) mass is 442 g/mol.